The zero-order valence-corrected chi connectivity index (χ0v) is 16.3. The molecule has 1 aromatic carbocycles. The summed E-state index contributed by atoms with van der Waals surface area (Å²) in [7, 11) is -0.316. The van der Waals surface area contributed by atoms with Gasteiger partial charge in [0.15, 0.2) is 0 Å². The summed E-state index contributed by atoms with van der Waals surface area (Å²) in [5.74, 6) is 0.926. The monoisotopic (exact) mass is 381 g/mol. The van der Waals surface area contributed by atoms with E-state index in [2.05, 4.69) is 31.7 Å². The normalized spacial score (nSPS) is 16.7. The number of fused-ring (bicyclic) bond motifs is 1. The van der Waals surface area contributed by atoms with E-state index < -0.39 is 10.2 Å². The summed E-state index contributed by atoms with van der Waals surface area (Å²) in [5.41, 5.74) is 0.929. The van der Waals surface area contributed by atoms with Crippen LogP contribution in [0.5, 0.6) is 0 Å². The van der Waals surface area contributed by atoms with E-state index in [1.165, 1.54) is 23.3 Å². The lowest BCUT2D eigenvalue weighted by Gasteiger charge is -2.33. The minimum atomic E-state index is -3.39. The molecule has 1 aliphatic rings. The van der Waals surface area contributed by atoms with Gasteiger partial charge in [-0.05, 0) is 37.3 Å². The van der Waals surface area contributed by atoms with Crippen LogP contribution in [0, 0.1) is 0 Å². The van der Waals surface area contributed by atoms with E-state index in [1.54, 1.807) is 18.1 Å². The van der Waals surface area contributed by atoms with Crippen LogP contribution in [0.15, 0.2) is 29.4 Å². The number of anilines is 1. The Kier molecular flexibility index (Phi) is 5.47. The summed E-state index contributed by atoms with van der Waals surface area (Å²) in [6, 6.07) is 6.16. The number of benzene rings is 1. The van der Waals surface area contributed by atoms with Crippen LogP contribution in [0.25, 0.3) is 10.9 Å². The van der Waals surface area contributed by atoms with Gasteiger partial charge in [0.05, 0.1) is 5.52 Å². The molecule has 0 aliphatic carbocycles. The summed E-state index contributed by atoms with van der Waals surface area (Å²) in [6.07, 6.45) is 5.14. The van der Waals surface area contributed by atoms with E-state index in [-0.39, 0.29) is 6.04 Å². The Morgan fingerprint density at radius 1 is 1.24 bits per heavy atom. The Balaban J connectivity index is 1.76. The first-order valence-electron chi connectivity index (χ1n) is 8.14. The first-order valence-corrected chi connectivity index (χ1v) is 10.8. The maximum Gasteiger partial charge on any atom is 0.279 e. The smallest absolute Gasteiger partial charge is 0.279 e. The summed E-state index contributed by atoms with van der Waals surface area (Å²) in [5, 5.41) is 1.04. The quantitative estimate of drug-likeness (QED) is 0.795. The molecule has 1 aliphatic heterocycles. The first kappa shape index (κ1) is 18.4. The molecule has 0 bridgehead atoms. The predicted octanol–water partition coefficient (Wildman–Crippen LogP) is 1.72. The van der Waals surface area contributed by atoms with Crippen LogP contribution in [0.4, 0.5) is 5.82 Å². The third-order valence-corrected chi connectivity index (χ3v) is 6.73. The molecule has 7 nitrogen and oxygen atoms in total. The van der Waals surface area contributed by atoms with Gasteiger partial charge in [0.1, 0.15) is 12.1 Å². The topological polar surface area (TPSA) is 78.4 Å². The molecule has 1 saturated heterocycles. The van der Waals surface area contributed by atoms with Gasteiger partial charge in [-0.25, -0.2) is 9.97 Å². The molecule has 1 fully saturated rings. The van der Waals surface area contributed by atoms with E-state index in [4.69, 9.17) is 0 Å². The SMILES string of the molecule is CSc1ccc2ncnc(N3CCC(NS(=O)(=O)N(C)C)CC3)c2c1. The van der Waals surface area contributed by atoms with E-state index >= 15 is 0 Å². The lowest BCUT2D eigenvalue weighted by molar-refractivity contribution is 0.437. The van der Waals surface area contributed by atoms with Crippen molar-refractivity contribution in [3.63, 3.8) is 0 Å². The second kappa shape index (κ2) is 7.45. The van der Waals surface area contributed by atoms with Gasteiger partial charge in [0.2, 0.25) is 0 Å². The zero-order chi connectivity index (χ0) is 18.0. The van der Waals surface area contributed by atoms with E-state index in [1.807, 2.05) is 12.3 Å². The van der Waals surface area contributed by atoms with Crippen molar-refractivity contribution in [1.29, 1.82) is 0 Å². The summed E-state index contributed by atoms with van der Waals surface area (Å²) >= 11 is 1.69. The third-order valence-electron chi connectivity index (χ3n) is 4.41. The van der Waals surface area contributed by atoms with E-state index in [9.17, 15) is 8.42 Å². The third kappa shape index (κ3) is 4.05. The molecule has 136 valence electrons. The predicted molar refractivity (Wildman–Crippen MR) is 102 cm³/mol. The van der Waals surface area contributed by atoms with E-state index in [0.29, 0.717) is 0 Å². The molecule has 1 N–H and O–H groups in total. The van der Waals surface area contributed by atoms with Gasteiger partial charge < -0.3 is 4.90 Å². The van der Waals surface area contributed by atoms with Gasteiger partial charge in [0.25, 0.3) is 10.2 Å². The lowest BCUT2D eigenvalue weighted by atomic mass is 10.1. The molecule has 0 saturated carbocycles. The lowest BCUT2D eigenvalue weighted by Crippen LogP contribution is -2.48. The van der Waals surface area contributed by atoms with Gasteiger partial charge in [-0.15, -0.1) is 11.8 Å². The van der Waals surface area contributed by atoms with Crippen molar-refractivity contribution in [3.8, 4) is 0 Å². The van der Waals surface area contributed by atoms with E-state index in [0.717, 1.165) is 42.7 Å². The van der Waals surface area contributed by atoms with Crippen molar-refractivity contribution in [2.45, 2.75) is 23.8 Å². The molecule has 25 heavy (non-hydrogen) atoms. The summed E-state index contributed by atoms with van der Waals surface area (Å²) in [4.78, 5) is 12.2. The van der Waals surface area contributed by atoms with Gasteiger partial charge >= 0.3 is 0 Å². The molecule has 0 amide bonds. The second-order valence-corrected chi connectivity index (χ2v) is 9.04. The fourth-order valence-electron chi connectivity index (χ4n) is 2.93. The molecule has 3 rings (SSSR count). The highest BCUT2D eigenvalue weighted by atomic mass is 32.2. The highest BCUT2D eigenvalue weighted by Crippen LogP contribution is 2.29. The Morgan fingerprint density at radius 3 is 2.60 bits per heavy atom. The van der Waals surface area contributed by atoms with Gasteiger partial charge in [-0.1, -0.05) is 0 Å². The molecule has 2 heterocycles. The van der Waals surface area contributed by atoms with Crippen molar-refractivity contribution in [1.82, 2.24) is 19.0 Å². The average molecular weight is 382 g/mol. The van der Waals surface area contributed by atoms with Crippen LogP contribution >= 0.6 is 11.8 Å². The molecular weight excluding hydrogens is 358 g/mol. The molecule has 9 heteroatoms. The summed E-state index contributed by atoms with van der Waals surface area (Å²) < 4.78 is 27.9. The molecule has 0 atom stereocenters. The second-order valence-electron chi connectivity index (χ2n) is 6.25. The highest BCUT2D eigenvalue weighted by molar-refractivity contribution is 7.98. The maximum absolute atomic E-state index is 12.0. The number of hydrogen-bond donors (Lipinski definition) is 1. The Labute approximate surface area is 153 Å². The number of piperidine rings is 1. The summed E-state index contributed by atoms with van der Waals surface area (Å²) in [6.45, 7) is 1.52. The van der Waals surface area contributed by atoms with Crippen molar-refractivity contribution >= 4 is 38.7 Å². The Hall–Kier alpha value is -1.42. The van der Waals surface area contributed by atoms with Crippen LogP contribution in [0.2, 0.25) is 0 Å². The van der Waals surface area contributed by atoms with Crippen molar-refractivity contribution in [2.75, 3.05) is 38.3 Å². The number of nitrogens with one attached hydrogen (secondary N) is 1. The van der Waals surface area contributed by atoms with Crippen LogP contribution in [-0.2, 0) is 10.2 Å². The number of aromatic nitrogens is 2. The molecular formula is C16H23N5O2S2. The van der Waals surface area contributed by atoms with Crippen molar-refractivity contribution < 1.29 is 8.42 Å². The zero-order valence-electron chi connectivity index (χ0n) is 14.6. The molecule has 0 unspecified atom stereocenters. The first-order chi connectivity index (χ1) is 11.9. The van der Waals surface area contributed by atoms with Crippen LogP contribution in [0.3, 0.4) is 0 Å². The largest absolute Gasteiger partial charge is 0.356 e. The van der Waals surface area contributed by atoms with Gasteiger partial charge in [-0.3, -0.25) is 0 Å². The van der Waals surface area contributed by atoms with Gasteiger partial charge in [0, 0.05) is 43.5 Å². The Morgan fingerprint density at radius 2 is 1.96 bits per heavy atom. The van der Waals surface area contributed by atoms with Crippen LogP contribution in [0.1, 0.15) is 12.8 Å². The standard InChI is InChI=1S/C16H23N5O2S2/c1-20(2)25(22,23)19-12-6-8-21(9-7-12)16-14-10-13(24-3)4-5-15(14)17-11-18-16/h4-5,10-12,19H,6-9H2,1-3H3. The maximum atomic E-state index is 12.0. The van der Waals surface area contributed by atoms with Crippen LogP contribution < -0.4 is 9.62 Å². The molecule has 1 aromatic heterocycles. The average Bonchev–Trinajstić information content (AvgIpc) is 2.61. The Bertz CT molecular complexity index is 849. The van der Waals surface area contributed by atoms with Gasteiger partial charge in [-0.2, -0.15) is 17.4 Å². The number of nitrogens with zero attached hydrogens (tertiary/aromatic N) is 4. The van der Waals surface area contributed by atoms with Crippen LogP contribution in [-0.4, -0.2) is 62.2 Å². The minimum Gasteiger partial charge on any atom is -0.356 e. The fourth-order valence-corrected chi connectivity index (χ4v) is 4.23. The number of rotatable bonds is 5. The molecule has 0 spiro atoms. The number of thioether (sulfide) groups is 1. The fraction of sp³-hybridized carbons (Fsp3) is 0.500. The molecule has 0 radical (unpaired) electrons. The van der Waals surface area contributed by atoms with Crippen molar-refractivity contribution in [2.24, 2.45) is 0 Å². The highest BCUT2D eigenvalue weighted by Gasteiger charge is 2.26. The minimum absolute atomic E-state index is 0.0430. The molecule has 2 aromatic rings. The van der Waals surface area contributed by atoms with Crippen molar-refractivity contribution in [3.05, 3.63) is 24.5 Å². The number of hydrogen-bond acceptors (Lipinski definition) is 6.